The number of aryl methyl sites for hydroxylation is 1. The van der Waals surface area contributed by atoms with Crippen molar-refractivity contribution in [3.63, 3.8) is 0 Å². The van der Waals surface area contributed by atoms with Gasteiger partial charge in [0, 0.05) is 12.6 Å². The van der Waals surface area contributed by atoms with Crippen LogP contribution in [0.5, 0.6) is 5.88 Å². The quantitative estimate of drug-likeness (QED) is 0.671. The van der Waals surface area contributed by atoms with Gasteiger partial charge in [0.25, 0.3) is 0 Å². The Balaban J connectivity index is 2.28. The highest BCUT2D eigenvalue weighted by atomic mass is 32.1. The predicted octanol–water partition coefficient (Wildman–Crippen LogP) is 2.06. The van der Waals surface area contributed by atoms with E-state index in [1.54, 1.807) is 24.7 Å². The minimum absolute atomic E-state index is 0.248. The molecule has 0 fully saturated rings. The van der Waals surface area contributed by atoms with Crippen LogP contribution >= 0.6 is 12.2 Å². The lowest BCUT2D eigenvalue weighted by Crippen LogP contribution is -2.09. The molecule has 0 aliphatic carbocycles. The first-order valence-corrected chi connectivity index (χ1v) is 6.35. The fourth-order valence-electron chi connectivity index (χ4n) is 1.77. The number of imidazole rings is 1. The molecule has 7 heteroatoms. The third kappa shape index (κ3) is 2.93. The van der Waals surface area contributed by atoms with Crippen LogP contribution in [0.1, 0.15) is 13.3 Å². The Hall–Kier alpha value is -1.89. The molecule has 0 unspecified atom stereocenters. The molecule has 0 aromatic carbocycles. The number of hydrogen-bond acceptors (Lipinski definition) is 5. The molecule has 0 radical (unpaired) electrons. The van der Waals surface area contributed by atoms with Crippen LogP contribution in [0.25, 0.3) is 11.2 Å². The van der Waals surface area contributed by atoms with Crippen LogP contribution in [0.3, 0.4) is 0 Å². The van der Waals surface area contributed by atoms with Crippen molar-refractivity contribution in [2.45, 2.75) is 19.9 Å². The fraction of sp³-hybridized carbons (Fsp3) is 0.417. The summed E-state index contributed by atoms with van der Waals surface area (Å²) in [6, 6.07) is 3.60. The summed E-state index contributed by atoms with van der Waals surface area (Å²) in [5.74, 6) is 0.257. The van der Waals surface area contributed by atoms with E-state index in [0.29, 0.717) is 29.4 Å². The monoisotopic (exact) mass is 281 g/mol. The molecule has 6 nitrogen and oxygen atoms in total. The molecule has 0 bridgehead atoms. The summed E-state index contributed by atoms with van der Waals surface area (Å²) >= 11 is 5.22. The summed E-state index contributed by atoms with van der Waals surface area (Å²) < 4.78 is 12.3. The Morgan fingerprint density at radius 1 is 1.53 bits per heavy atom. The molecular formula is C12H15N3O3S. The van der Waals surface area contributed by atoms with Crippen LogP contribution in [-0.4, -0.2) is 34.2 Å². The molecule has 0 saturated heterocycles. The number of nitrogens with zero attached hydrogens (tertiary/aromatic N) is 2. The topological polar surface area (TPSA) is 69.1 Å². The van der Waals surface area contributed by atoms with Crippen LogP contribution in [0.15, 0.2) is 12.1 Å². The number of hydrogen-bond donors (Lipinski definition) is 1. The smallest absolute Gasteiger partial charge is 0.307 e. The minimum Gasteiger partial charge on any atom is -0.481 e. The van der Waals surface area contributed by atoms with E-state index in [-0.39, 0.29) is 12.4 Å². The lowest BCUT2D eigenvalue weighted by molar-refractivity contribution is -0.143. The van der Waals surface area contributed by atoms with Gasteiger partial charge in [-0.3, -0.25) is 4.79 Å². The molecule has 19 heavy (non-hydrogen) atoms. The number of fused-ring (bicyclic) bond motifs is 1. The SMILES string of the molecule is CCOC(=O)CCn1c(=S)[nH]c2ccc(OC)nc21. The molecule has 0 aliphatic rings. The Kier molecular flexibility index (Phi) is 4.16. The van der Waals surface area contributed by atoms with Crippen molar-refractivity contribution in [3.05, 3.63) is 16.9 Å². The molecule has 0 amide bonds. The van der Waals surface area contributed by atoms with Crippen molar-refractivity contribution in [2.24, 2.45) is 0 Å². The Labute approximate surface area is 115 Å². The molecule has 0 atom stereocenters. The van der Waals surface area contributed by atoms with Gasteiger partial charge in [0.2, 0.25) is 5.88 Å². The first-order chi connectivity index (χ1) is 9.15. The first kappa shape index (κ1) is 13.5. The highest BCUT2D eigenvalue weighted by Crippen LogP contribution is 2.16. The average molecular weight is 281 g/mol. The van der Waals surface area contributed by atoms with E-state index in [0.717, 1.165) is 5.52 Å². The summed E-state index contributed by atoms with van der Waals surface area (Å²) in [6.45, 7) is 2.59. The number of carbonyl (C=O) groups is 1. The highest BCUT2D eigenvalue weighted by molar-refractivity contribution is 7.71. The zero-order valence-electron chi connectivity index (χ0n) is 10.8. The van der Waals surface area contributed by atoms with Gasteiger partial charge < -0.3 is 19.0 Å². The van der Waals surface area contributed by atoms with Crippen molar-refractivity contribution in [1.29, 1.82) is 0 Å². The molecule has 2 aromatic heterocycles. The predicted molar refractivity (Wildman–Crippen MR) is 72.7 cm³/mol. The van der Waals surface area contributed by atoms with Crippen LogP contribution in [0, 0.1) is 4.77 Å². The number of H-pyrrole nitrogens is 1. The third-order valence-electron chi connectivity index (χ3n) is 2.65. The molecule has 2 aromatic rings. The van der Waals surface area contributed by atoms with Gasteiger partial charge in [0.15, 0.2) is 10.4 Å². The van der Waals surface area contributed by atoms with Gasteiger partial charge in [-0.2, -0.15) is 4.98 Å². The molecule has 2 rings (SSSR count). The van der Waals surface area contributed by atoms with Crippen LogP contribution in [-0.2, 0) is 16.1 Å². The van der Waals surface area contributed by atoms with E-state index in [9.17, 15) is 4.79 Å². The summed E-state index contributed by atoms with van der Waals surface area (Å²) in [6.07, 6.45) is 0.258. The van der Waals surface area contributed by atoms with Gasteiger partial charge in [-0.1, -0.05) is 0 Å². The fourth-order valence-corrected chi connectivity index (χ4v) is 2.06. The molecule has 0 saturated carbocycles. The van der Waals surface area contributed by atoms with E-state index in [1.807, 2.05) is 6.07 Å². The maximum Gasteiger partial charge on any atom is 0.307 e. The summed E-state index contributed by atoms with van der Waals surface area (Å²) in [7, 11) is 1.55. The van der Waals surface area contributed by atoms with E-state index in [1.165, 1.54) is 0 Å². The lowest BCUT2D eigenvalue weighted by Gasteiger charge is -2.04. The number of aromatic nitrogens is 3. The number of aromatic amines is 1. The van der Waals surface area contributed by atoms with Gasteiger partial charge in [0.1, 0.15) is 0 Å². The number of esters is 1. The van der Waals surface area contributed by atoms with E-state index in [4.69, 9.17) is 21.7 Å². The van der Waals surface area contributed by atoms with Crippen molar-refractivity contribution >= 4 is 29.4 Å². The summed E-state index contributed by atoms with van der Waals surface area (Å²) in [5.41, 5.74) is 1.49. The number of rotatable bonds is 5. The number of pyridine rings is 1. The maximum atomic E-state index is 11.4. The summed E-state index contributed by atoms with van der Waals surface area (Å²) in [5, 5.41) is 0. The Morgan fingerprint density at radius 2 is 2.32 bits per heavy atom. The lowest BCUT2D eigenvalue weighted by atomic mass is 10.4. The van der Waals surface area contributed by atoms with Crippen LogP contribution < -0.4 is 4.74 Å². The van der Waals surface area contributed by atoms with E-state index < -0.39 is 0 Å². The maximum absolute atomic E-state index is 11.4. The van der Waals surface area contributed by atoms with Gasteiger partial charge >= 0.3 is 5.97 Å². The zero-order chi connectivity index (χ0) is 13.8. The number of carbonyl (C=O) groups excluding carboxylic acids is 1. The average Bonchev–Trinajstić information content (AvgIpc) is 2.71. The van der Waals surface area contributed by atoms with E-state index >= 15 is 0 Å². The standard InChI is InChI=1S/C12H15N3O3S/c1-3-18-10(16)6-7-15-11-8(13-12(15)19)4-5-9(14-11)17-2/h4-5H,3,6-7H2,1-2H3,(H,13,19). The molecule has 102 valence electrons. The molecule has 0 aliphatic heterocycles. The van der Waals surface area contributed by atoms with Crippen molar-refractivity contribution in [3.8, 4) is 5.88 Å². The van der Waals surface area contributed by atoms with Crippen LogP contribution in [0.2, 0.25) is 0 Å². The van der Waals surface area contributed by atoms with E-state index in [2.05, 4.69) is 9.97 Å². The van der Waals surface area contributed by atoms with Crippen molar-refractivity contribution in [2.75, 3.05) is 13.7 Å². The molecule has 0 spiro atoms. The number of nitrogens with one attached hydrogen (secondary N) is 1. The Bertz CT molecular complexity index is 647. The van der Waals surface area contributed by atoms with Gasteiger partial charge in [-0.25, -0.2) is 0 Å². The Morgan fingerprint density at radius 3 is 3.00 bits per heavy atom. The number of methoxy groups -OCH3 is 1. The van der Waals surface area contributed by atoms with Crippen molar-refractivity contribution in [1.82, 2.24) is 14.5 Å². The second-order valence-corrected chi connectivity index (χ2v) is 4.25. The third-order valence-corrected chi connectivity index (χ3v) is 2.97. The van der Waals surface area contributed by atoms with Gasteiger partial charge in [0.05, 0.1) is 25.7 Å². The van der Waals surface area contributed by atoms with Gasteiger partial charge in [-0.15, -0.1) is 0 Å². The minimum atomic E-state index is -0.248. The largest absolute Gasteiger partial charge is 0.481 e. The normalized spacial score (nSPS) is 10.6. The number of ether oxygens (including phenoxy) is 2. The van der Waals surface area contributed by atoms with Crippen molar-refractivity contribution < 1.29 is 14.3 Å². The first-order valence-electron chi connectivity index (χ1n) is 5.95. The molecule has 1 N–H and O–H groups in total. The zero-order valence-corrected chi connectivity index (χ0v) is 11.6. The molecule has 2 heterocycles. The second-order valence-electron chi connectivity index (χ2n) is 3.86. The second kappa shape index (κ2) is 5.83. The van der Waals surface area contributed by atoms with Gasteiger partial charge in [-0.05, 0) is 25.2 Å². The highest BCUT2D eigenvalue weighted by Gasteiger charge is 2.09. The summed E-state index contributed by atoms with van der Waals surface area (Å²) in [4.78, 5) is 18.8. The van der Waals surface area contributed by atoms with Crippen LogP contribution in [0.4, 0.5) is 0 Å². The molecular weight excluding hydrogens is 266 g/mol.